The molecule has 0 spiro atoms. The Labute approximate surface area is 194 Å². The molecule has 0 unspecified atom stereocenters. The Bertz CT molecular complexity index is 1310. The monoisotopic (exact) mass is 490 g/mol. The lowest BCUT2D eigenvalue weighted by Crippen LogP contribution is -2.30. The molecule has 4 aromatic rings. The highest BCUT2D eigenvalue weighted by Gasteiger charge is 2.21. The quantitative estimate of drug-likeness (QED) is 0.343. The minimum Gasteiger partial charge on any atom is -0.420 e. The number of nitrogens with zero attached hydrogens (tertiary/aromatic N) is 6. The maximum absolute atomic E-state index is 12.3. The largest absolute Gasteiger partial charge is 0.420 e. The van der Waals surface area contributed by atoms with Crippen molar-refractivity contribution in [2.24, 2.45) is 7.05 Å². The summed E-state index contributed by atoms with van der Waals surface area (Å²) in [5.41, 5.74) is 1.34. The van der Waals surface area contributed by atoms with Crippen LogP contribution in [0.1, 0.15) is 11.7 Å². The van der Waals surface area contributed by atoms with Gasteiger partial charge in [-0.3, -0.25) is 4.31 Å². The first-order valence-electron chi connectivity index (χ1n) is 9.43. The van der Waals surface area contributed by atoms with E-state index in [9.17, 15) is 8.42 Å². The molecule has 0 atom stereocenters. The van der Waals surface area contributed by atoms with Crippen LogP contribution in [0.25, 0.3) is 11.5 Å². The molecular formula is C20H19ClN6O3S2. The Hall–Kier alpha value is -2.89. The van der Waals surface area contributed by atoms with Crippen molar-refractivity contribution in [2.45, 2.75) is 17.5 Å². The third-order valence-corrected chi connectivity index (χ3v) is 6.93. The summed E-state index contributed by atoms with van der Waals surface area (Å²) in [7, 11) is -1.71. The number of hydrogen-bond acceptors (Lipinski definition) is 8. The summed E-state index contributed by atoms with van der Waals surface area (Å²) in [4.78, 5) is 0. The van der Waals surface area contributed by atoms with E-state index in [0.717, 1.165) is 5.56 Å². The molecule has 2 heterocycles. The van der Waals surface area contributed by atoms with Gasteiger partial charge in [0, 0.05) is 17.6 Å². The van der Waals surface area contributed by atoms with E-state index in [1.165, 1.54) is 22.3 Å². The Kier molecular flexibility index (Phi) is 6.49. The molecule has 166 valence electrons. The van der Waals surface area contributed by atoms with Crippen LogP contribution in [0.2, 0.25) is 5.02 Å². The summed E-state index contributed by atoms with van der Waals surface area (Å²) in [6.45, 7) is 0.0637. The van der Waals surface area contributed by atoms with Gasteiger partial charge in [0.25, 0.3) is 0 Å². The van der Waals surface area contributed by atoms with Crippen molar-refractivity contribution in [1.29, 1.82) is 0 Å². The lowest BCUT2D eigenvalue weighted by atomic mass is 10.2. The maximum Gasteiger partial charge on any atom is 0.247 e. The molecule has 4 rings (SSSR count). The van der Waals surface area contributed by atoms with Crippen molar-refractivity contribution in [3.63, 3.8) is 0 Å². The highest BCUT2D eigenvalue weighted by molar-refractivity contribution is 7.98. The van der Waals surface area contributed by atoms with Crippen LogP contribution in [0.15, 0.2) is 64.2 Å². The first-order chi connectivity index (χ1) is 15.3. The van der Waals surface area contributed by atoms with Gasteiger partial charge in [-0.25, -0.2) is 8.42 Å². The van der Waals surface area contributed by atoms with Crippen molar-refractivity contribution in [1.82, 2.24) is 25.0 Å². The number of aromatic nitrogens is 5. The SMILES string of the molecule is Cn1c(CN(c2ccccc2)S(C)(=O)=O)nnc1SCc1nnc(-c2ccc(Cl)cc2)o1. The van der Waals surface area contributed by atoms with Crippen molar-refractivity contribution in [3.8, 4) is 11.5 Å². The summed E-state index contributed by atoms with van der Waals surface area (Å²) in [6, 6.07) is 16.0. The van der Waals surface area contributed by atoms with Gasteiger partial charge in [-0.2, -0.15) is 0 Å². The predicted molar refractivity (Wildman–Crippen MR) is 123 cm³/mol. The second-order valence-corrected chi connectivity index (χ2v) is 10.1. The van der Waals surface area contributed by atoms with E-state index < -0.39 is 10.0 Å². The fourth-order valence-corrected chi connectivity index (χ4v) is 4.63. The zero-order valence-corrected chi connectivity index (χ0v) is 19.6. The van der Waals surface area contributed by atoms with Crippen LogP contribution in [0, 0.1) is 0 Å². The van der Waals surface area contributed by atoms with E-state index in [1.807, 2.05) is 18.2 Å². The summed E-state index contributed by atoms with van der Waals surface area (Å²) in [5.74, 6) is 1.74. The minimum atomic E-state index is -3.50. The topological polar surface area (TPSA) is 107 Å². The molecule has 0 fully saturated rings. The number of sulfonamides is 1. The smallest absolute Gasteiger partial charge is 0.247 e. The van der Waals surface area contributed by atoms with Crippen LogP contribution in [-0.4, -0.2) is 39.6 Å². The lowest BCUT2D eigenvalue weighted by Gasteiger charge is -2.21. The van der Waals surface area contributed by atoms with Gasteiger partial charge in [0.1, 0.15) is 0 Å². The van der Waals surface area contributed by atoms with Gasteiger partial charge in [-0.1, -0.05) is 41.6 Å². The number of para-hydroxylation sites is 1. The van der Waals surface area contributed by atoms with E-state index >= 15 is 0 Å². The lowest BCUT2D eigenvalue weighted by molar-refractivity contribution is 0.528. The normalized spacial score (nSPS) is 11.6. The van der Waals surface area contributed by atoms with Gasteiger partial charge in [-0.05, 0) is 36.4 Å². The number of hydrogen-bond donors (Lipinski definition) is 0. The first kappa shape index (κ1) is 22.3. The van der Waals surface area contributed by atoms with E-state index in [1.54, 1.807) is 48.0 Å². The van der Waals surface area contributed by atoms with Gasteiger partial charge in [0.15, 0.2) is 11.0 Å². The van der Waals surface area contributed by atoms with Crippen LogP contribution < -0.4 is 4.31 Å². The van der Waals surface area contributed by atoms with Gasteiger partial charge >= 0.3 is 0 Å². The molecule has 0 aliphatic carbocycles. The fraction of sp³-hybridized carbons (Fsp3) is 0.200. The fourth-order valence-electron chi connectivity index (χ4n) is 2.88. The van der Waals surface area contributed by atoms with Crippen LogP contribution in [-0.2, 0) is 29.4 Å². The molecule has 12 heteroatoms. The van der Waals surface area contributed by atoms with Crippen LogP contribution in [0.3, 0.4) is 0 Å². The van der Waals surface area contributed by atoms with Crippen LogP contribution in [0.4, 0.5) is 5.69 Å². The van der Waals surface area contributed by atoms with Gasteiger partial charge in [-0.15, -0.1) is 20.4 Å². The average Bonchev–Trinajstić information content (AvgIpc) is 3.38. The van der Waals surface area contributed by atoms with E-state index in [4.69, 9.17) is 16.0 Å². The van der Waals surface area contributed by atoms with E-state index in [2.05, 4.69) is 20.4 Å². The average molecular weight is 491 g/mol. The Morgan fingerprint density at radius 2 is 1.75 bits per heavy atom. The number of thioether (sulfide) groups is 1. The molecule has 9 nitrogen and oxygen atoms in total. The highest BCUT2D eigenvalue weighted by atomic mass is 35.5. The van der Waals surface area contributed by atoms with Crippen LogP contribution >= 0.6 is 23.4 Å². The molecule has 0 saturated heterocycles. The molecule has 32 heavy (non-hydrogen) atoms. The first-order valence-corrected chi connectivity index (χ1v) is 12.6. The zero-order valence-electron chi connectivity index (χ0n) is 17.2. The third-order valence-electron chi connectivity index (χ3n) is 4.54. The second kappa shape index (κ2) is 9.31. The Balaban J connectivity index is 1.46. The second-order valence-electron chi connectivity index (χ2n) is 6.86. The molecular weight excluding hydrogens is 472 g/mol. The number of halogens is 1. The van der Waals surface area contributed by atoms with Crippen molar-refractivity contribution in [3.05, 3.63) is 71.3 Å². The Morgan fingerprint density at radius 1 is 1.03 bits per heavy atom. The summed E-state index contributed by atoms with van der Waals surface area (Å²) in [5, 5.41) is 17.7. The van der Waals surface area contributed by atoms with Crippen LogP contribution in [0.5, 0.6) is 0 Å². The van der Waals surface area contributed by atoms with Crippen molar-refractivity contribution >= 4 is 39.1 Å². The van der Waals surface area contributed by atoms with Gasteiger partial charge < -0.3 is 8.98 Å². The van der Waals surface area contributed by atoms with Gasteiger partial charge in [0.2, 0.25) is 21.8 Å². The molecule has 2 aromatic heterocycles. The number of rotatable bonds is 8. The van der Waals surface area contributed by atoms with Crippen molar-refractivity contribution in [2.75, 3.05) is 10.6 Å². The van der Waals surface area contributed by atoms with Crippen molar-refractivity contribution < 1.29 is 12.8 Å². The minimum absolute atomic E-state index is 0.0637. The molecule has 0 saturated carbocycles. The van der Waals surface area contributed by atoms with E-state index in [0.29, 0.717) is 39.2 Å². The molecule has 2 aromatic carbocycles. The standard InChI is InChI=1S/C20H19ClN6O3S2/c1-26-17(12-27(32(2,28)29)16-6-4-3-5-7-16)22-25-20(26)31-13-18-23-24-19(30-18)14-8-10-15(21)11-9-14/h3-11H,12-13H2,1-2H3. The molecule has 0 N–H and O–H groups in total. The molecule has 0 bridgehead atoms. The highest BCUT2D eigenvalue weighted by Crippen LogP contribution is 2.25. The Morgan fingerprint density at radius 3 is 2.44 bits per heavy atom. The summed E-state index contributed by atoms with van der Waals surface area (Å²) >= 11 is 7.27. The molecule has 0 aliphatic rings. The zero-order chi connectivity index (χ0) is 22.7. The predicted octanol–water partition coefficient (Wildman–Crippen LogP) is 3.78. The molecule has 0 amide bonds. The number of anilines is 1. The molecule has 0 aliphatic heterocycles. The van der Waals surface area contributed by atoms with E-state index in [-0.39, 0.29) is 6.54 Å². The maximum atomic E-state index is 12.3. The third kappa shape index (κ3) is 5.12. The van der Waals surface area contributed by atoms with Gasteiger partial charge in [0.05, 0.1) is 24.2 Å². The summed E-state index contributed by atoms with van der Waals surface area (Å²) < 4.78 is 33.4. The molecule has 0 radical (unpaired) electrons. The summed E-state index contributed by atoms with van der Waals surface area (Å²) in [6.07, 6.45) is 1.17. The number of benzene rings is 2.